The highest BCUT2D eigenvalue weighted by atomic mass is 16.5. The lowest BCUT2D eigenvalue weighted by Crippen LogP contribution is -2.47. The minimum Gasteiger partial charge on any atom is -0.465 e. The third kappa shape index (κ3) is 2.91. The Morgan fingerprint density at radius 1 is 1.48 bits per heavy atom. The second-order valence-electron chi connectivity index (χ2n) is 5.51. The highest BCUT2D eigenvalue weighted by molar-refractivity contribution is 5.98. The van der Waals surface area contributed by atoms with Crippen LogP contribution in [0.1, 0.15) is 22.8 Å². The third-order valence-corrected chi connectivity index (χ3v) is 3.94. The first kappa shape index (κ1) is 15.5. The van der Waals surface area contributed by atoms with E-state index in [0.717, 1.165) is 5.56 Å². The number of ether oxygens (including phenoxy) is 2. The van der Waals surface area contributed by atoms with Crippen molar-refractivity contribution >= 4 is 17.6 Å². The lowest BCUT2D eigenvalue weighted by molar-refractivity contribution is -0.125. The van der Waals surface area contributed by atoms with E-state index in [0.29, 0.717) is 17.9 Å². The summed E-state index contributed by atoms with van der Waals surface area (Å²) in [5.74, 6) is -0.657. The maximum atomic E-state index is 12.5. The Balaban J connectivity index is 2.23. The van der Waals surface area contributed by atoms with E-state index in [4.69, 9.17) is 10.5 Å². The van der Waals surface area contributed by atoms with E-state index >= 15 is 0 Å². The van der Waals surface area contributed by atoms with Crippen LogP contribution >= 0.6 is 0 Å². The number of anilines is 1. The van der Waals surface area contributed by atoms with Gasteiger partial charge in [-0.15, -0.1) is 0 Å². The van der Waals surface area contributed by atoms with Gasteiger partial charge in [0.15, 0.2) is 0 Å². The van der Waals surface area contributed by atoms with Crippen molar-refractivity contribution in [1.82, 2.24) is 0 Å². The predicted molar refractivity (Wildman–Crippen MR) is 78.0 cm³/mol. The second kappa shape index (κ2) is 5.83. The summed E-state index contributed by atoms with van der Waals surface area (Å²) in [4.78, 5) is 24.0. The van der Waals surface area contributed by atoms with E-state index in [1.54, 1.807) is 25.1 Å². The Bertz CT molecular complexity index is 573. The number of amides is 1. The molecule has 114 valence electrons. The van der Waals surface area contributed by atoms with Gasteiger partial charge in [-0.25, -0.2) is 4.79 Å². The number of rotatable bonds is 3. The Hall–Kier alpha value is -1.92. The van der Waals surface area contributed by atoms with Crippen LogP contribution in [0.3, 0.4) is 0 Å². The fourth-order valence-electron chi connectivity index (χ4n) is 2.19. The van der Waals surface area contributed by atoms with Gasteiger partial charge in [0.2, 0.25) is 5.91 Å². The van der Waals surface area contributed by atoms with E-state index < -0.39 is 11.4 Å². The monoisotopic (exact) mass is 292 g/mol. The van der Waals surface area contributed by atoms with Gasteiger partial charge < -0.3 is 20.5 Å². The SMILES string of the molecule is COC(=O)c1ccc(C)c(NC(=O)C2(C)COCC2N)c1. The van der Waals surface area contributed by atoms with Gasteiger partial charge in [-0.3, -0.25) is 4.79 Å². The summed E-state index contributed by atoms with van der Waals surface area (Å²) in [6.45, 7) is 4.28. The van der Waals surface area contributed by atoms with Crippen LogP contribution in [0.4, 0.5) is 5.69 Å². The average molecular weight is 292 g/mol. The van der Waals surface area contributed by atoms with Crippen LogP contribution in [0.5, 0.6) is 0 Å². The summed E-state index contributed by atoms with van der Waals surface area (Å²) in [5, 5.41) is 2.84. The van der Waals surface area contributed by atoms with Crippen molar-refractivity contribution < 1.29 is 19.1 Å². The number of hydrogen-bond acceptors (Lipinski definition) is 5. The average Bonchev–Trinajstić information content (AvgIpc) is 2.81. The number of carbonyl (C=O) groups excluding carboxylic acids is 2. The van der Waals surface area contributed by atoms with Crippen molar-refractivity contribution in [3.8, 4) is 0 Å². The summed E-state index contributed by atoms with van der Waals surface area (Å²) < 4.78 is 9.96. The van der Waals surface area contributed by atoms with E-state index in [2.05, 4.69) is 10.1 Å². The Morgan fingerprint density at radius 2 is 2.19 bits per heavy atom. The zero-order valence-electron chi connectivity index (χ0n) is 12.4. The summed E-state index contributed by atoms with van der Waals surface area (Å²) in [6.07, 6.45) is 0. The minimum atomic E-state index is -0.770. The normalized spacial score (nSPS) is 24.7. The van der Waals surface area contributed by atoms with Crippen LogP contribution in [0.2, 0.25) is 0 Å². The molecule has 0 radical (unpaired) electrons. The van der Waals surface area contributed by atoms with Crippen molar-refractivity contribution in [1.29, 1.82) is 0 Å². The molecule has 1 aromatic rings. The van der Waals surface area contributed by atoms with Crippen LogP contribution in [0.25, 0.3) is 0 Å². The second-order valence-corrected chi connectivity index (χ2v) is 5.51. The smallest absolute Gasteiger partial charge is 0.337 e. The maximum absolute atomic E-state index is 12.5. The van der Waals surface area contributed by atoms with Gasteiger partial charge in [0.1, 0.15) is 0 Å². The summed E-state index contributed by atoms with van der Waals surface area (Å²) in [5.41, 5.74) is 6.99. The molecule has 1 amide bonds. The van der Waals surface area contributed by atoms with Gasteiger partial charge >= 0.3 is 5.97 Å². The van der Waals surface area contributed by atoms with E-state index in [1.165, 1.54) is 7.11 Å². The Kier molecular flexibility index (Phi) is 4.29. The molecule has 6 heteroatoms. The van der Waals surface area contributed by atoms with Gasteiger partial charge in [0.05, 0.1) is 31.3 Å². The van der Waals surface area contributed by atoms with Gasteiger partial charge in [-0.05, 0) is 31.5 Å². The van der Waals surface area contributed by atoms with Gasteiger partial charge in [-0.2, -0.15) is 0 Å². The van der Waals surface area contributed by atoms with Gasteiger partial charge in [0.25, 0.3) is 0 Å². The van der Waals surface area contributed by atoms with Crippen LogP contribution in [0, 0.1) is 12.3 Å². The zero-order chi connectivity index (χ0) is 15.6. The summed E-state index contributed by atoms with van der Waals surface area (Å²) in [7, 11) is 1.32. The highest BCUT2D eigenvalue weighted by Crippen LogP contribution is 2.29. The molecule has 1 saturated heterocycles. The molecule has 1 aliphatic rings. The topological polar surface area (TPSA) is 90.6 Å². The number of nitrogens with two attached hydrogens (primary N) is 1. The molecule has 0 bridgehead atoms. The minimum absolute atomic E-state index is 0.211. The predicted octanol–water partition coefficient (Wildman–Crippen LogP) is 1.08. The number of hydrogen-bond donors (Lipinski definition) is 2. The molecule has 1 heterocycles. The molecule has 0 aliphatic carbocycles. The number of nitrogens with one attached hydrogen (secondary N) is 1. The fourth-order valence-corrected chi connectivity index (χ4v) is 2.19. The maximum Gasteiger partial charge on any atom is 0.337 e. The molecular formula is C15H20N2O4. The number of carbonyl (C=O) groups is 2. The summed E-state index contributed by atoms with van der Waals surface area (Å²) in [6, 6.07) is 4.67. The first-order valence-electron chi connectivity index (χ1n) is 6.72. The van der Waals surface area contributed by atoms with Crippen LogP contribution in [-0.2, 0) is 14.3 Å². The van der Waals surface area contributed by atoms with Crippen molar-refractivity contribution in [3.05, 3.63) is 29.3 Å². The first-order valence-corrected chi connectivity index (χ1v) is 6.72. The quantitative estimate of drug-likeness (QED) is 0.814. The fraction of sp³-hybridized carbons (Fsp3) is 0.467. The van der Waals surface area contributed by atoms with Gasteiger partial charge in [0, 0.05) is 11.7 Å². The standard InChI is InChI=1S/C15H20N2O4/c1-9-4-5-10(13(18)20-3)6-11(9)17-14(19)15(2)8-21-7-12(15)16/h4-6,12H,7-8,16H2,1-3H3,(H,17,19). The molecule has 1 fully saturated rings. The lowest BCUT2D eigenvalue weighted by Gasteiger charge is -2.26. The Morgan fingerprint density at radius 3 is 2.76 bits per heavy atom. The molecule has 1 aromatic carbocycles. The first-order chi connectivity index (χ1) is 9.88. The molecule has 0 spiro atoms. The van der Waals surface area contributed by atoms with Crippen LogP contribution in [0.15, 0.2) is 18.2 Å². The van der Waals surface area contributed by atoms with Gasteiger partial charge in [-0.1, -0.05) is 6.07 Å². The largest absolute Gasteiger partial charge is 0.465 e. The highest BCUT2D eigenvalue weighted by Gasteiger charge is 2.44. The number of benzene rings is 1. The van der Waals surface area contributed by atoms with E-state index in [-0.39, 0.29) is 18.6 Å². The van der Waals surface area contributed by atoms with Crippen molar-refractivity contribution in [2.75, 3.05) is 25.6 Å². The summed E-state index contributed by atoms with van der Waals surface area (Å²) >= 11 is 0. The van der Waals surface area contributed by atoms with E-state index in [9.17, 15) is 9.59 Å². The van der Waals surface area contributed by atoms with Crippen molar-refractivity contribution in [2.24, 2.45) is 11.1 Å². The van der Waals surface area contributed by atoms with Crippen molar-refractivity contribution in [3.63, 3.8) is 0 Å². The van der Waals surface area contributed by atoms with Crippen molar-refractivity contribution in [2.45, 2.75) is 19.9 Å². The molecular weight excluding hydrogens is 272 g/mol. The van der Waals surface area contributed by atoms with Crippen LogP contribution < -0.4 is 11.1 Å². The molecule has 2 rings (SSSR count). The number of aryl methyl sites for hydroxylation is 1. The molecule has 2 unspecified atom stereocenters. The molecule has 2 atom stereocenters. The van der Waals surface area contributed by atoms with Crippen LogP contribution in [-0.4, -0.2) is 38.2 Å². The molecule has 0 aromatic heterocycles. The zero-order valence-corrected chi connectivity index (χ0v) is 12.4. The molecule has 6 nitrogen and oxygen atoms in total. The molecule has 21 heavy (non-hydrogen) atoms. The molecule has 3 N–H and O–H groups in total. The third-order valence-electron chi connectivity index (χ3n) is 3.94. The number of esters is 1. The Labute approximate surface area is 123 Å². The lowest BCUT2D eigenvalue weighted by atomic mass is 9.84. The molecule has 1 aliphatic heterocycles. The molecule has 0 saturated carbocycles. The van der Waals surface area contributed by atoms with E-state index in [1.807, 2.05) is 6.92 Å². The number of methoxy groups -OCH3 is 1.